The first-order valence-corrected chi connectivity index (χ1v) is 11.1. The SMILES string of the molecule is COC1CN(c2ccnc(C(=O)NC34CC(NC(=O)COc5ccc(Cl)c(F)c5)(C3)C4)c2)C1. The van der Waals surface area contributed by atoms with Crippen LogP contribution in [0.4, 0.5) is 10.1 Å². The zero-order valence-electron chi connectivity index (χ0n) is 18.1. The van der Waals surface area contributed by atoms with Crippen LogP contribution >= 0.6 is 11.6 Å². The van der Waals surface area contributed by atoms with E-state index in [1.165, 1.54) is 12.1 Å². The fraction of sp³-hybridized carbons (Fsp3) is 0.435. The summed E-state index contributed by atoms with van der Waals surface area (Å²) in [6, 6.07) is 7.70. The number of aromatic nitrogens is 1. The summed E-state index contributed by atoms with van der Waals surface area (Å²) in [5, 5.41) is 6.05. The second kappa shape index (κ2) is 8.14. The van der Waals surface area contributed by atoms with Gasteiger partial charge in [0.1, 0.15) is 17.3 Å². The van der Waals surface area contributed by atoms with E-state index < -0.39 is 5.82 Å². The Morgan fingerprint density at radius 3 is 2.61 bits per heavy atom. The molecule has 8 nitrogen and oxygen atoms in total. The number of nitrogens with zero attached hydrogens (tertiary/aromatic N) is 2. The van der Waals surface area contributed by atoms with Gasteiger partial charge in [0, 0.05) is 49.2 Å². The molecule has 10 heteroatoms. The maximum Gasteiger partial charge on any atom is 0.270 e. The van der Waals surface area contributed by atoms with Gasteiger partial charge in [0.15, 0.2) is 6.61 Å². The number of hydrogen-bond acceptors (Lipinski definition) is 6. The van der Waals surface area contributed by atoms with Crippen molar-refractivity contribution in [2.24, 2.45) is 0 Å². The Labute approximate surface area is 195 Å². The van der Waals surface area contributed by atoms with Gasteiger partial charge in [-0.3, -0.25) is 14.6 Å². The Hall–Kier alpha value is -2.91. The zero-order chi connectivity index (χ0) is 23.2. The summed E-state index contributed by atoms with van der Waals surface area (Å²) >= 11 is 5.64. The molecule has 2 bridgehead atoms. The number of ether oxygens (including phenoxy) is 2. The number of nitrogens with one attached hydrogen (secondary N) is 2. The Bertz CT molecular complexity index is 1090. The highest BCUT2D eigenvalue weighted by atomic mass is 35.5. The van der Waals surface area contributed by atoms with Gasteiger partial charge >= 0.3 is 0 Å². The molecule has 2 N–H and O–H groups in total. The van der Waals surface area contributed by atoms with Crippen molar-refractivity contribution < 1.29 is 23.5 Å². The minimum absolute atomic E-state index is 0.00443. The monoisotopic (exact) mass is 474 g/mol. The smallest absolute Gasteiger partial charge is 0.270 e. The molecule has 6 rings (SSSR count). The summed E-state index contributed by atoms with van der Waals surface area (Å²) < 4.78 is 24.1. The van der Waals surface area contributed by atoms with Gasteiger partial charge in [-0.05, 0) is 43.5 Å². The van der Waals surface area contributed by atoms with Gasteiger partial charge in [-0.25, -0.2) is 4.39 Å². The summed E-state index contributed by atoms with van der Waals surface area (Å²) in [5.74, 6) is -0.869. The van der Waals surface area contributed by atoms with E-state index in [2.05, 4.69) is 20.5 Å². The summed E-state index contributed by atoms with van der Waals surface area (Å²) in [7, 11) is 1.69. The molecule has 33 heavy (non-hydrogen) atoms. The lowest BCUT2D eigenvalue weighted by molar-refractivity contribution is -0.141. The second-order valence-electron chi connectivity index (χ2n) is 9.12. The number of carbonyl (C=O) groups is 2. The molecule has 0 atom stereocenters. The molecule has 4 fully saturated rings. The van der Waals surface area contributed by atoms with Crippen LogP contribution in [0, 0.1) is 5.82 Å². The average Bonchev–Trinajstić information content (AvgIpc) is 2.71. The van der Waals surface area contributed by atoms with Crippen LogP contribution in [0.15, 0.2) is 36.5 Å². The third kappa shape index (κ3) is 4.22. The molecule has 174 valence electrons. The molecule has 0 spiro atoms. The third-order valence-corrected chi connectivity index (χ3v) is 6.90. The van der Waals surface area contributed by atoms with Crippen LogP contribution in [0.1, 0.15) is 29.8 Å². The van der Waals surface area contributed by atoms with E-state index in [-0.39, 0.29) is 46.4 Å². The van der Waals surface area contributed by atoms with Crippen LogP contribution in [-0.2, 0) is 9.53 Å². The van der Waals surface area contributed by atoms with Crippen molar-refractivity contribution in [3.63, 3.8) is 0 Å². The fourth-order valence-electron chi connectivity index (χ4n) is 4.94. The zero-order valence-corrected chi connectivity index (χ0v) is 18.8. The maximum absolute atomic E-state index is 13.5. The van der Waals surface area contributed by atoms with E-state index >= 15 is 0 Å². The summed E-state index contributed by atoms with van der Waals surface area (Å²) in [4.78, 5) is 31.4. The molecule has 2 amide bonds. The average molecular weight is 475 g/mol. The van der Waals surface area contributed by atoms with Crippen molar-refractivity contribution in [3.8, 4) is 5.75 Å². The number of benzene rings is 1. The molecule has 2 aromatic rings. The topological polar surface area (TPSA) is 92.8 Å². The van der Waals surface area contributed by atoms with Crippen LogP contribution in [0.5, 0.6) is 5.75 Å². The van der Waals surface area contributed by atoms with Crippen molar-refractivity contribution in [3.05, 3.63) is 53.1 Å². The molecular formula is C23H24ClFN4O4. The lowest BCUT2D eigenvalue weighted by Crippen LogP contribution is -2.84. The second-order valence-corrected chi connectivity index (χ2v) is 9.53. The van der Waals surface area contributed by atoms with Gasteiger partial charge in [-0.2, -0.15) is 0 Å². The molecular weight excluding hydrogens is 451 g/mol. The van der Waals surface area contributed by atoms with Gasteiger partial charge < -0.3 is 25.0 Å². The highest BCUT2D eigenvalue weighted by molar-refractivity contribution is 6.30. The van der Waals surface area contributed by atoms with E-state index in [4.69, 9.17) is 21.1 Å². The van der Waals surface area contributed by atoms with Crippen molar-refractivity contribution in [1.82, 2.24) is 15.6 Å². The molecule has 1 aromatic heterocycles. The van der Waals surface area contributed by atoms with Gasteiger partial charge in [-0.1, -0.05) is 11.6 Å². The fourth-order valence-corrected chi connectivity index (χ4v) is 5.06. The minimum atomic E-state index is -0.601. The van der Waals surface area contributed by atoms with Crippen LogP contribution in [-0.4, -0.2) is 60.8 Å². The molecule has 3 aliphatic carbocycles. The normalized spacial score (nSPS) is 25.4. The number of rotatable bonds is 8. The highest BCUT2D eigenvalue weighted by Crippen LogP contribution is 2.60. The number of pyridine rings is 1. The number of methoxy groups -OCH3 is 1. The first-order chi connectivity index (χ1) is 15.8. The Morgan fingerprint density at radius 1 is 1.18 bits per heavy atom. The van der Waals surface area contributed by atoms with Gasteiger partial charge in [0.25, 0.3) is 11.8 Å². The molecule has 2 heterocycles. The van der Waals surface area contributed by atoms with Crippen molar-refractivity contribution in [2.75, 3.05) is 31.7 Å². The van der Waals surface area contributed by atoms with Gasteiger partial charge in [-0.15, -0.1) is 0 Å². The summed E-state index contributed by atoms with van der Waals surface area (Å²) in [6.45, 7) is 1.37. The number of anilines is 1. The predicted molar refractivity (Wildman–Crippen MR) is 119 cm³/mol. The molecule has 1 aliphatic heterocycles. The van der Waals surface area contributed by atoms with E-state index in [9.17, 15) is 14.0 Å². The largest absolute Gasteiger partial charge is 0.484 e. The Balaban J connectivity index is 1.09. The van der Waals surface area contributed by atoms with Crippen LogP contribution in [0.3, 0.4) is 0 Å². The van der Waals surface area contributed by atoms with E-state index in [1.807, 2.05) is 6.07 Å². The first kappa shape index (κ1) is 21.9. The van der Waals surface area contributed by atoms with E-state index in [0.29, 0.717) is 25.0 Å². The molecule has 3 saturated carbocycles. The lowest BCUT2D eigenvalue weighted by atomic mass is 9.44. The standard InChI is InChI=1S/C23H24ClFN4O4/c1-32-16-8-29(9-16)14-4-5-26-19(6-14)21(31)28-23-11-22(12-23,13-23)27-20(30)10-33-15-2-3-17(24)18(25)7-15/h2-7,16H,8-13H2,1H3,(H,27,30)(H,28,31). The maximum atomic E-state index is 13.5. The Morgan fingerprint density at radius 2 is 1.91 bits per heavy atom. The van der Waals surface area contributed by atoms with Crippen molar-refractivity contribution >= 4 is 29.1 Å². The molecule has 1 aromatic carbocycles. The third-order valence-electron chi connectivity index (χ3n) is 6.60. The molecule has 0 unspecified atom stereocenters. The van der Waals surface area contributed by atoms with E-state index in [0.717, 1.165) is 24.8 Å². The van der Waals surface area contributed by atoms with Gasteiger partial charge in [0.05, 0.1) is 11.1 Å². The number of carbonyl (C=O) groups excluding carboxylic acids is 2. The van der Waals surface area contributed by atoms with E-state index in [1.54, 1.807) is 19.4 Å². The predicted octanol–water partition coefficient (Wildman–Crippen LogP) is 2.31. The van der Waals surface area contributed by atoms with Crippen LogP contribution < -0.4 is 20.3 Å². The number of amides is 2. The Kier molecular flexibility index (Phi) is 5.41. The molecule has 1 saturated heterocycles. The molecule has 4 aliphatic rings. The quantitative estimate of drug-likeness (QED) is 0.610. The van der Waals surface area contributed by atoms with Crippen molar-refractivity contribution in [2.45, 2.75) is 36.4 Å². The molecule has 0 radical (unpaired) electrons. The first-order valence-electron chi connectivity index (χ1n) is 10.7. The highest BCUT2D eigenvalue weighted by Gasteiger charge is 2.69. The van der Waals surface area contributed by atoms with Crippen LogP contribution in [0.25, 0.3) is 0 Å². The summed E-state index contributed by atoms with van der Waals surface area (Å²) in [6.07, 6.45) is 3.85. The summed E-state index contributed by atoms with van der Waals surface area (Å²) in [5.41, 5.74) is 0.700. The number of hydrogen-bond donors (Lipinski definition) is 2. The van der Waals surface area contributed by atoms with Gasteiger partial charge in [0.2, 0.25) is 0 Å². The van der Waals surface area contributed by atoms with Crippen molar-refractivity contribution in [1.29, 1.82) is 0 Å². The van der Waals surface area contributed by atoms with Crippen LogP contribution in [0.2, 0.25) is 5.02 Å². The lowest BCUT2D eigenvalue weighted by Gasteiger charge is -2.70. The number of halogens is 2. The minimum Gasteiger partial charge on any atom is -0.484 e.